The second-order valence-corrected chi connectivity index (χ2v) is 11.9. The summed E-state index contributed by atoms with van der Waals surface area (Å²) in [5.74, 6) is -2.50. The Morgan fingerprint density at radius 2 is 1.45 bits per heavy atom. The summed E-state index contributed by atoms with van der Waals surface area (Å²) in [6, 6.07) is 9.26. The Morgan fingerprint density at radius 3 is 2.00 bits per heavy atom. The van der Waals surface area contributed by atoms with Crippen LogP contribution in [0, 0.1) is 35.5 Å². The normalized spacial score (nSPS) is 29.2. The van der Waals surface area contributed by atoms with Gasteiger partial charge in [-0.25, -0.2) is 5.01 Å². The zero-order valence-electron chi connectivity index (χ0n) is 19.9. The number of ketones is 1. The molecule has 38 heavy (non-hydrogen) atoms. The highest BCUT2D eigenvalue weighted by molar-refractivity contribution is 6.42. The molecule has 1 heterocycles. The lowest BCUT2D eigenvalue weighted by Gasteiger charge is -2.37. The third kappa shape index (κ3) is 4.00. The van der Waals surface area contributed by atoms with Crippen LogP contribution < -0.4 is 0 Å². The van der Waals surface area contributed by atoms with Crippen LogP contribution in [0.1, 0.15) is 33.6 Å². The molecule has 5 aliphatic rings. The number of hydrazine groups is 1. The summed E-state index contributed by atoms with van der Waals surface area (Å²) >= 11 is 24.4. The van der Waals surface area contributed by atoms with Crippen LogP contribution in [0.3, 0.4) is 0 Å². The highest BCUT2D eigenvalue weighted by Crippen LogP contribution is 2.65. The fourth-order valence-corrected chi connectivity index (χ4v) is 7.19. The van der Waals surface area contributed by atoms with E-state index >= 15 is 0 Å². The fraction of sp³-hybridized carbons (Fsp3) is 0.357. The predicted octanol–water partition coefficient (Wildman–Crippen LogP) is 5.94. The van der Waals surface area contributed by atoms with Crippen molar-refractivity contribution in [1.29, 1.82) is 0 Å². The van der Waals surface area contributed by atoms with Gasteiger partial charge in [0.25, 0.3) is 17.7 Å². The standard InChI is InChI=1S/C28H22Cl4N2O4/c29-10-9-22(25(35)13-1-4-15(30)5-2-13)33(26(36)14-3-8-20(31)21(32)11-14)34-27(37)23-16-6-7-17(19-12-18(16)19)24(23)28(34)38/h1-8,11,16-19,22-24H,9-10,12H2/t16-,17-,18-,19+,22-,23-,24+/m0/s1. The number of rotatable bonds is 7. The number of carbonyl (C=O) groups excluding carboxylic acids is 4. The topological polar surface area (TPSA) is 74.8 Å². The molecule has 0 unspecified atom stereocenters. The number of hydrogen-bond donors (Lipinski definition) is 0. The van der Waals surface area contributed by atoms with E-state index in [2.05, 4.69) is 12.2 Å². The molecule has 3 amide bonds. The Kier molecular flexibility index (Phi) is 6.58. The molecule has 2 aromatic rings. The third-order valence-electron chi connectivity index (χ3n) is 8.34. The van der Waals surface area contributed by atoms with Crippen LogP contribution in [0.25, 0.3) is 0 Å². The second-order valence-electron chi connectivity index (χ2n) is 10.3. The van der Waals surface area contributed by atoms with Crippen molar-refractivity contribution in [3.8, 4) is 0 Å². The van der Waals surface area contributed by atoms with Gasteiger partial charge in [0.2, 0.25) is 0 Å². The van der Waals surface area contributed by atoms with Crippen molar-refractivity contribution >= 4 is 69.9 Å². The quantitative estimate of drug-likeness (QED) is 0.173. The minimum atomic E-state index is -1.22. The van der Waals surface area contributed by atoms with E-state index in [0.717, 1.165) is 16.4 Å². The van der Waals surface area contributed by atoms with Gasteiger partial charge < -0.3 is 0 Å². The monoisotopic (exact) mass is 590 g/mol. The summed E-state index contributed by atoms with van der Waals surface area (Å²) < 4.78 is 0. The summed E-state index contributed by atoms with van der Waals surface area (Å²) in [5.41, 5.74) is 0.359. The molecule has 7 atom stereocenters. The molecule has 0 spiro atoms. The molecule has 1 saturated heterocycles. The van der Waals surface area contributed by atoms with Crippen LogP contribution in [0.4, 0.5) is 0 Å². The first kappa shape index (κ1) is 25.9. The average Bonchev–Trinajstić information content (AvgIpc) is 3.69. The van der Waals surface area contributed by atoms with E-state index < -0.39 is 41.4 Å². The van der Waals surface area contributed by atoms with E-state index in [0.29, 0.717) is 16.9 Å². The van der Waals surface area contributed by atoms with E-state index in [1.54, 1.807) is 24.3 Å². The van der Waals surface area contributed by atoms with Gasteiger partial charge in [0.1, 0.15) is 6.04 Å². The van der Waals surface area contributed by atoms with E-state index in [9.17, 15) is 19.2 Å². The third-order valence-corrected chi connectivity index (χ3v) is 9.55. The number of allylic oxidation sites excluding steroid dienone is 2. The number of Topliss-reactive ketones (excluding diaryl/α,β-unsaturated/α-hetero) is 1. The van der Waals surface area contributed by atoms with Crippen molar-refractivity contribution in [3.63, 3.8) is 0 Å². The number of alkyl halides is 1. The van der Waals surface area contributed by atoms with Gasteiger partial charge in [0, 0.05) is 22.0 Å². The molecule has 4 aliphatic carbocycles. The Balaban J connectivity index is 1.45. The molecule has 1 aliphatic heterocycles. The van der Waals surface area contributed by atoms with Crippen molar-refractivity contribution < 1.29 is 19.2 Å². The lowest BCUT2D eigenvalue weighted by molar-refractivity contribution is -0.157. The Bertz CT molecular complexity index is 1360. The summed E-state index contributed by atoms with van der Waals surface area (Å²) in [7, 11) is 0. The van der Waals surface area contributed by atoms with Crippen molar-refractivity contribution in [2.75, 3.05) is 5.88 Å². The number of imide groups is 1. The van der Waals surface area contributed by atoms with E-state index in [4.69, 9.17) is 46.4 Å². The molecular weight excluding hydrogens is 570 g/mol. The second kappa shape index (κ2) is 9.67. The Labute approximate surface area is 239 Å². The number of hydrogen-bond acceptors (Lipinski definition) is 4. The van der Waals surface area contributed by atoms with Gasteiger partial charge in [0.15, 0.2) is 5.78 Å². The lowest BCUT2D eigenvalue weighted by atomic mass is 9.63. The smallest absolute Gasteiger partial charge is 0.273 e. The van der Waals surface area contributed by atoms with Crippen LogP contribution in [-0.4, -0.2) is 45.4 Å². The first-order valence-electron chi connectivity index (χ1n) is 12.4. The summed E-state index contributed by atoms with van der Waals surface area (Å²) in [6.45, 7) is 0. The summed E-state index contributed by atoms with van der Waals surface area (Å²) in [4.78, 5) is 55.9. The van der Waals surface area contributed by atoms with Crippen molar-refractivity contribution in [1.82, 2.24) is 10.0 Å². The molecule has 0 aromatic heterocycles. The zero-order valence-corrected chi connectivity index (χ0v) is 22.9. The van der Waals surface area contributed by atoms with Gasteiger partial charge >= 0.3 is 0 Å². The maximum absolute atomic E-state index is 14.1. The molecule has 2 saturated carbocycles. The molecular formula is C28H22Cl4N2O4. The van der Waals surface area contributed by atoms with Gasteiger partial charge in [-0.3, -0.25) is 19.2 Å². The summed E-state index contributed by atoms with van der Waals surface area (Å²) in [6.07, 6.45) is 5.12. The van der Waals surface area contributed by atoms with Crippen molar-refractivity contribution in [2.24, 2.45) is 35.5 Å². The lowest BCUT2D eigenvalue weighted by Crippen LogP contribution is -2.57. The number of amides is 3. The fourth-order valence-electron chi connectivity index (χ4n) is 6.56. The minimum absolute atomic E-state index is 0.00911. The van der Waals surface area contributed by atoms with Crippen LogP contribution in [0.15, 0.2) is 54.6 Å². The van der Waals surface area contributed by atoms with Gasteiger partial charge in [-0.2, -0.15) is 5.01 Å². The number of nitrogens with zero attached hydrogens (tertiary/aromatic N) is 2. The molecule has 6 nitrogen and oxygen atoms in total. The number of benzene rings is 2. The molecule has 2 bridgehead atoms. The maximum atomic E-state index is 14.1. The SMILES string of the molecule is O=C(c1ccc(Cl)cc1)[C@H](CCCl)N(C(=O)c1ccc(Cl)c(Cl)c1)N1C(=O)[C@@H]2[C@H]3C=C[C@@H]([C@@H]4C[C@H]34)[C@@H]2C1=O. The molecule has 2 aromatic carbocycles. The summed E-state index contributed by atoms with van der Waals surface area (Å²) in [5, 5.41) is 2.74. The molecule has 0 N–H and O–H groups in total. The predicted molar refractivity (Wildman–Crippen MR) is 144 cm³/mol. The van der Waals surface area contributed by atoms with Gasteiger partial charge in [-0.05, 0) is 79.0 Å². The van der Waals surface area contributed by atoms with Gasteiger partial charge in [0.05, 0.1) is 21.9 Å². The molecule has 0 radical (unpaired) electrons. The highest BCUT2D eigenvalue weighted by atomic mass is 35.5. The largest absolute Gasteiger partial charge is 0.292 e. The van der Waals surface area contributed by atoms with Crippen LogP contribution in [0.5, 0.6) is 0 Å². The van der Waals surface area contributed by atoms with E-state index in [1.165, 1.54) is 18.2 Å². The van der Waals surface area contributed by atoms with E-state index in [1.807, 2.05) is 0 Å². The number of carbonyl (C=O) groups is 4. The molecule has 196 valence electrons. The Morgan fingerprint density at radius 1 is 0.868 bits per heavy atom. The van der Waals surface area contributed by atoms with Crippen molar-refractivity contribution in [3.05, 3.63) is 80.8 Å². The van der Waals surface area contributed by atoms with Crippen LogP contribution in [-0.2, 0) is 9.59 Å². The molecule has 3 fully saturated rings. The van der Waals surface area contributed by atoms with Gasteiger partial charge in [-0.1, -0.05) is 47.0 Å². The van der Waals surface area contributed by atoms with Gasteiger partial charge in [-0.15, -0.1) is 11.6 Å². The first-order chi connectivity index (χ1) is 18.2. The molecule has 7 rings (SSSR count). The van der Waals surface area contributed by atoms with E-state index in [-0.39, 0.29) is 45.3 Å². The first-order valence-corrected chi connectivity index (χ1v) is 14.1. The number of halogens is 4. The zero-order chi connectivity index (χ0) is 26.9. The average molecular weight is 592 g/mol. The minimum Gasteiger partial charge on any atom is -0.292 e. The Hall–Kier alpha value is -2.38. The van der Waals surface area contributed by atoms with Crippen LogP contribution in [0.2, 0.25) is 15.1 Å². The highest BCUT2D eigenvalue weighted by Gasteiger charge is 2.68. The molecule has 10 heteroatoms. The maximum Gasteiger partial charge on any atom is 0.273 e. The van der Waals surface area contributed by atoms with Crippen molar-refractivity contribution in [2.45, 2.75) is 18.9 Å². The van der Waals surface area contributed by atoms with Crippen LogP contribution >= 0.6 is 46.4 Å².